The van der Waals surface area contributed by atoms with E-state index in [1.54, 1.807) is 23.5 Å². The Morgan fingerprint density at radius 2 is 1.81 bits per heavy atom. The first-order valence-electron chi connectivity index (χ1n) is 8.24. The van der Waals surface area contributed by atoms with E-state index in [0.717, 1.165) is 15.2 Å². The molecule has 0 aliphatic rings. The number of benzene rings is 2. The summed E-state index contributed by atoms with van der Waals surface area (Å²) in [5.74, 6) is -0.367. The molecule has 3 amide bonds. The first-order chi connectivity index (χ1) is 12.5. The molecule has 26 heavy (non-hydrogen) atoms. The third-order valence-corrected chi connectivity index (χ3v) is 5.21. The van der Waals surface area contributed by atoms with Crippen LogP contribution in [0.15, 0.2) is 54.6 Å². The quantitative estimate of drug-likeness (QED) is 0.721. The number of hydrogen-bond acceptors (Lipinski definition) is 5. The van der Waals surface area contributed by atoms with Crippen LogP contribution in [-0.4, -0.2) is 35.4 Å². The van der Waals surface area contributed by atoms with Crippen molar-refractivity contribution in [2.45, 2.75) is 13.0 Å². The van der Waals surface area contributed by atoms with Crippen LogP contribution in [0.2, 0.25) is 0 Å². The fourth-order valence-corrected chi connectivity index (χ4v) is 3.56. The van der Waals surface area contributed by atoms with E-state index < -0.39 is 6.03 Å². The molecule has 0 radical (unpaired) electrons. The predicted octanol–water partition coefficient (Wildman–Crippen LogP) is 3.64. The number of hydrogen-bond donors (Lipinski definition) is 2. The summed E-state index contributed by atoms with van der Waals surface area (Å²) in [7, 11) is 1.84. The summed E-state index contributed by atoms with van der Waals surface area (Å²) in [6.07, 6.45) is 0. The van der Waals surface area contributed by atoms with E-state index in [9.17, 15) is 9.59 Å². The van der Waals surface area contributed by atoms with Gasteiger partial charge in [-0.2, -0.15) is 0 Å². The second-order valence-electron chi connectivity index (χ2n) is 5.98. The monoisotopic (exact) mass is 368 g/mol. The highest BCUT2D eigenvalue weighted by Crippen LogP contribution is 2.28. The number of para-hydroxylation sites is 2. The molecule has 0 aliphatic heterocycles. The number of thiazole rings is 1. The number of anilines is 1. The molecule has 2 aromatic carbocycles. The third-order valence-electron chi connectivity index (χ3n) is 4.01. The highest BCUT2D eigenvalue weighted by molar-refractivity contribution is 7.18. The van der Waals surface area contributed by atoms with Crippen LogP contribution in [0.3, 0.4) is 0 Å². The summed E-state index contributed by atoms with van der Waals surface area (Å²) in [6.45, 7) is 2.09. The number of amides is 3. The number of carbonyl (C=O) groups is 2. The summed E-state index contributed by atoms with van der Waals surface area (Å²) in [5, 5.41) is 5.91. The Bertz CT molecular complexity index is 877. The largest absolute Gasteiger partial charge is 0.325 e. The zero-order valence-corrected chi connectivity index (χ0v) is 15.4. The second-order valence-corrected chi connectivity index (χ2v) is 7.04. The smallest absolute Gasteiger partial charge is 0.308 e. The van der Waals surface area contributed by atoms with Gasteiger partial charge in [-0.15, -0.1) is 11.3 Å². The highest BCUT2D eigenvalue weighted by Gasteiger charge is 2.19. The minimum absolute atomic E-state index is 0.0321. The lowest BCUT2D eigenvalue weighted by atomic mass is 10.3. The molecule has 0 unspecified atom stereocenters. The van der Waals surface area contributed by atoms with Crippen LogP contribution in [0.5, 0.6) is 0 Å². The van der Waals surface area contributed by atoms with Gasteiger partial charge in [-0.25, -0.2) is 9.78 Å². The highest BCUT2D eigenvalue weighted by atomic mass is 32.1. The van der Waals surface area contributed by atoms with Crippen LogP contribution in [-0.2, 0) is 4.79 Å². The van der Waals surface area contributed by atoms with Crippen LogP contribution in [0.25, 0.3) is 10.2 Å². The number of rotatable bonds is 5. The van der Waals surface area contributed by atoms with Crippen molar-refractivity contribution in [3.05, 3.63) is 59.6 Å². The molecule has 6 nitrogen and oxygen atoms in total. The number of fused-ring (bicyclic) bond motifs is 1. The van der Waals surface area contributed by atoms with Crippen molar-refractivity contribution in [3.63, 3.8) is 0 Å². The average molecular weight is 368 g/mol. The molecule has 0 saturated carbocycles. The van der Waals surface area contributed by atoms with Gasteiger partial charge in [0.1, 0.15) is 5.01 Å². The lowest BCUT2D eigenvalue weighted by Gasteiger charge is -2.22. The Balaban J connectivity index is 1.55. The van der Waals surface area contributed by atoms with Crippen molar-refractivity contribution >= 4 is 39.2 Å². The van der Waals surface area contributed by atoms with E-state index in [4.69, 9.17) is 0 Å². The Morgan fingerprint density at radius 3 is 2.54 bits per heavy atom. The molecule has 3 rings (SSSR count). The van der Waals surface area contributed by atoms with E-state index >= 15 is 0 Å². The number of carbonyl (C=O) groups excluding carboxylic acids is 2. The Labute approximate surface area is 155 Å². The van der Waals surface area contributed by atoms with Crippen molar-refractivity contribution in [1.29, 1.82) is 0 Å². The number of nitrogens with zero attached hydrogens (tertiary/aromatic N) is 2. The maximum atomic E-state index is 12.1. The minimum atomic E-state index is -0.540. The molecule has 134 valence electrons. The lowest BCUT2D eigenvalue weighted by Crippen LogP contribution is -2.41. The zero-order chi connectivity index (χ0) is 18.5. The Morgan fingerprint density at radius 1 is 1.12 bits per heavy atom. The van der Waals surface area contributed by atoms with Crippen molar-refractivity contribution in [2.75, 3.05) is 18.9 Å². The molecule has 2 N–H and O–H groups in total. The van der Waals surface area contributed by atoms with Crippen LogP contribution in [0.1, 0.15) is 18.0 Å². The van der Waals surface area contributed by atoms with Crippen molar-refractivity contribution in [1.82, 2.24) is 15.2 Å². The first kappa shape index (κ1) is 18.0. The van der Waals surface area contributed by atoms with E-state index in [-0.39, 0.29) is 18.5 Å². The summed E-state index contributed by atoms with van der Waals surface area (Å²) in [4.78, 5) is 30.5. The van der Waals surface area contributed by atoms with Gasteiger partial charge < -0.3 is 5.32 Å². The number of urea groups is 1. The van der Waals surface area contributed by atoms with Gasteiger partial charge in [0.2, 0.25) is 5.91 Å². The molecule has 0 spiro atoms. The maximum absolute atomic E-state index is 12.1. The van der Waals surface area contributed by atoms with E-state index in [2.05, 4.69) is 15.6 Å². The van der Waals surface area contributed by atoms with Gasteiger partial charge in [0.15, 0.2) is 0 Å². The van der Waals surface area contributed by atoms with Gasteiger partial charge in [-0.1, -0.05) is 30.3 Å². The van der Waals surface area contributed by atoms with Crippen molar-refractivity contribution in [2.24, 2.45) is 0 Å². The Kier molecular flexibility index (Phi) is 5.60. The molecular formula is C19H20N4O2S. The van der Waals surface area contributed by atoms with Gasteiger partial charge in [0.05, 0.1) is 22.8 Å². The predicted molar refractivity (Wildman–Crippen MR) is 104 cm³/mol. The van der Waals surface area contributed by atoms with Crippen LogP contribution in [0, 0.1) is 0 Å². The van der Waals surface area contributed by atoms with Crippen molar-refractivity contribution < 1.29 is 9.59 Å². The Hall–Kier alpha value is -2.77. The van der Waals surface area contributed by atoms with Gasteiger partial charge in [-0.3, -0.25) is 15.0 Å². The van der Waals surface area contributed by atoms with Gasteiger partial charge in [0.25, 0.3) is 0 Å². The van der Waals surface area contributed by atoms with Crippen LogP contribution >= 0.6 is 11.3 Å². The second kappa shape index (κ2) is 8.07. The van der Waals surface area contributed by atoms with Crippen LogP contribution in [0.4, 0.5) is 10.5 Å². The lowest BCUT2D eigenvalue weighted by molar-refractivity contribution is -0.121. The molecule has 0 bridgehead atoms. The normalized spacial score (nSPS) is 12.1. The van der Waals surface area contributed by atoms with Crippen molar-refractivity contribution in [3.8, 4) is 0 Å². The number of nitrogens with one attached hydrogen (secondary N) is 2. The van der Waals surface area contributed by atoms with E-state index in [1.807, 2.05) is 61.3 Å². The third kappa shape index (κ3) is 4.44. The van der Waals surface area contributed by atoms with E-state index in [1.165, 1.54) is 0 Å². The number of imide groups is 1. The molecule has 7 heteroatoms. The van der Waals surface area contributed by atoms with Gasteiger partial charge in [-0.05, 0) is 38.2 Å². The summed E-state index contributed by atoms with van der Waals surface area (Å²) >= 11 is 1.61. The average Bonchev–Trinajstić information content (AvgIpc) is 3.05. The molecule has 3 aromatic rings. The summed E-state index contributed by atoms with van der Waals surface area (Å²) in [5.41, 5.74) is 1.59. The molecular weight excluding hydrogens is 348 g/mol. The molecule has 0 fully saturated rings. The fourth-order valence-electron chi connectivity index (χ4n) is 2.47. The van der Waals surface area contributed by atoms with Gasteiger partial charge in [0, 0.05) is 5.69 Å². The summed E-state index contributed by atoms with van der Waals surface area (Å²) in [6, 6.07) is 16.4. The minimum Gasteiger partial charge on any atom is -0.308 e. The first-order valence-corrected chi connectivity index (χ1v) is 9.06. The number of likely N-dealkylation sites (N-methyl/N-ethyl adjacent to an activating group) is 1. The van der Waals surface area contributed by atoms with E-state index in [0.29, 0.717) is 5.69 Å². The van der Waals surface area contributed by atoms with Gasteiger partial charge >= 0.3 is 6.03 Å². The zero-order valence-electron chi connectivity index (χ0n) is 14.6. The summed E-state index contributed by atoms with van der Waals surface area (Å²) < 4.78 is 1.12. The molecule has 1 aromatic heterocycles. The molecule has 0 saturated heterocycles. The fraction of sp³-hybridized carbons (Fsp3) is 0.211. The standard InChI is InChI=1S/C19H20N4O2S/c1-13(18-21-15-10-6-7-11-16(15)26-18)23(2)12-17(24)22-19(25)20-14-8-4-3-5-9-14/h3-11,13H,12H2,1-2H3,(H2,20,22,24,25)/t13-/m1/s1. The number of aromatic nitrogens is 1. The molecule has 1 atom stereocenters. The molecule has 1 heterocycles. The SMILES string of the molecule is C[C@H](c1nc2ccccc2s1)N(C)CC(=O)NC(=O)Nc1ccccc1. The maximum Gasteiger partial charge on any atom is 0.325 e. The molecule has 0 aliphatic carbocycles. The topological polar surface area (TPSA) is 74.3 Å². The van der Waals surface area contributed by atoms with Crippen LogP contribution < -0.4 is 10.6 Å².